The Morgan fingerprint density at radius 3 is 2.81 bits per heavy atom. The van der Waals surface area contributed by atoms with Crippen LogP contribution in [0.5, 0.6) is 0 Å². The maximum atomic E-state index is 15.3. The van der Waals surface area contributed by atoms with Crippen LogP contribution in [0.3, 0.4) is 0 Å². The maximum Gasteiger partial charge on any atom is 0.153 e. The van der Waals surface area contributed by atoms with Crippen LogP contribution in [-0.2, 0) is 20.1 Å². The number of fused-ring (bicyclic) bond motifs is 1. The van der Waals surface area contributed by atoms with Crippen molar-refractivity contribution in [3.63, 3.8) is 0 Å². The number of pyridine rings is 1. The first-order chi connectivity index (χ1) is 15.6. The van der Waals surface area contributed by atoms with Gasteiger partial charge in [-0.2, -0.15) is 15.3 Å². The second kappa shape index (κ2) is 8.23. The number of aromatic nitrogens is 7. The van der Waals surface area contributed by atoms with Gasteiger partial charge >= 0.3 is 0 Å². The van der Waals surface area contributed by atoms with Crippen LogP contribution < -0.4 is 5.32 Å². The van der Waals surface area contributed by atoms with E-state index in [0.29, 0.717) is 29.3 Å². The average Bonchev–Trinajstić information content (AvgIpc) is 3.51. The van der Waals surface area contributed by atoms with Crippen LogP contribution in [0.15, 0.2) is 61.3 Å². The Morgan fingerprint density at radius 2 is 2.00 bits per heavy atom. The molecule has 4 heterocycles. The molecule has 5 rings (SSSR count). The van der Waals surface area contributed by atoms with E-state index in [0.717, 1.165) is 16.5 Å². The van der Waals surface area contributed by atoms with E-state index < -0.39 is 0 Å². The number of aryl methyl sites for hydroxylation is 1. The third kappa shape index (κ3) is 3.83. The monoisotopic (exact) mass is 432 g/mol. The second-order valence-corrected chi connectivity index (χ2v) is 7.42. The van der Waals surface area contributed by atoms with Gasteiger partial charge < -0.3 is 10.4 Å². The molecule has 0 aliphatic rings. The fourth-order valence-corrected chi connectivity index (χ4v) is 3.60. The smallest absolute Gasteiger partial charge is 0.153 e. The van der Waals surface area contributed by atoms with Crippen LogP contribution in [0, 0.1) is 5.82 Å². The standard InChI is InChI=1S/C22H21FN8O/c1-29-13-17(12-25-29)18-4-2-3-15(22(18)23)14-31-19-9-21(24-10-16(19)11-26-31)27-20-5-6-30(28-20)7-8-32/h2-6,9-13,32H,7-8,14H2,1H3,(H,24,27,28). The molecule has 5 aromatic rings. The van der Waals surface area contributed by atoms with Crippen LogP contribution >= 0.6 is 0 Å². The van der Waals surface area contributed by atoms with Gasteiger partial charge in [0, 0.05) is 59.8 Å². The summed E-state index contributed by atoms with van der Waals surface area (Å²) >= 11 is 0. The van der Waals surface area contributed by atoms with Crippen LogP contribution in [0.25, 0.3) is 22.0 Å². The van der Waals surface area contributed by atoms with E-state index in [2.05, 4.69) is 25.6 Å². The number of nitrogens with zero attached hydrogens (tertiary/aromatic N) is 7. The summed E-state index contributed by atoms with van der Waals surface area (Å²) in [6.07, 6.45) is 8.65. The molecule has 9 nitrogen and oxygen atoms in total. The van der Waals surface area contributed by atoms with E-state index in [4.69, 9.17) is 5.11 Å². The van der Waals surface area contributed by atoms with E-state index >= 15 is 4.39 Å². The lowest BCUT2D eigenvalue weighted by molar-refractivity contribution is 0.269. The number of halogens is 1. The highest BCUT2D eigenvalue weighted by atomic mass is 19.1. The van der Waals surface area contributed by atoms with Crippen molar-refractivity contribution in [1.82, 2.24) is 34.3 Å². The highest BCUT2D eigenvalue weighted by Crippen LogP contribution is 2.26. The minimum atomic E-state index is -0.286. The summed E-state index contributed by atoms with van der Waals surface area (Å²) in [4.78, 5) is 4.41. The molecule has 32 heavy (non-hydrogen) atoms. The summed E-state index contributed by atoms with van der Waals surface area (Å²) in [5, 5.41) is 25.9. The maximum absolute atomic E-state index is 15.3. The Morgan fingerprint density at radius 1 is 1.09 bits per heavy atom. The van der Waals surface area contributed by atoms with Gasteiger partial charge in [0.05, 0.1) is 37.6 Å². The van der Waals surface area contributed by atoms with E-state index in [-0.39, 0.29) is 19.0 Å². The molecule has 0 atom stereocenters. The number of hydrogen-bond donors (Lipinski definition) is 2. The third-order valence-electron chi connectivity index (χ3n) is 5.17. The number of rotatable bonds is 7. The topological polar surface area (TPSA) is 98.6 Å². The van der Waals surface area contributed by atoms with Gasteiger partial charge in [0.1, 0.15) is 11.6 Å². The predicted octanol–water partition coefficient (Wildman–Crippen LogP) is 2.95. The van der Waals surface area contributed by atoms with Crippen molar-refractivity contribution in [3.8, 4) is 11.1 Å². The summed E-state index contributed by atoms with van der Waals surface area (Å²) in [6.45, 7) is 0.714. The average molecular weight is 432 g/mol. The molecule has 2 N–H and O–H groups in total. The van der Waals surface area contributed by atoms with Gasteiger partial charge in [-0.3, -0.25) is 14.0 Å². The van der Waals surface area contributed by atoms with Gasteiger partial charge in [-0.05, 0) is 0 Å². The van der Waals surface area contributed by atoms with E-state index in [9.17, 15) is 0 Å². The molecule has 0 fully saturated rings. The Hall–Kier alpha value is -4.05. The summed E-state index contributed by atoms with van der Waals surface area (Å²) in [6, 6.07) is 9.01. The number of nitrogens with one attached hydrogen (secondary N) is 1. The minimum absolute atomic E-state index is 0.0169. The third-order valence-corrected chi connectivity index (χ3v) is 5.17. The lowest BCUT2D eigenvalue weighted by Gasteiger charge is -2.09. The van der Waals surface area contributed by atoms with E-state index in [1.54, 1.807) is 70.3 Å². The van der Waals surface area contributed by atoms with Crippen molar-refractivity contribution in [1.29, 1.82) is 0 Å². The first-order valence-electron chi connectivity index (χ1n) is 10.1. The van der Waals surface area contributed by atoms with Gasteiger partial charge in [0.15, 0.2) is 5.82 Å². The predicted molar refractivity (Wildman–Crippen MR) is 118 cm³/mol. The summed E-state index contributed by atoms with van der Waals surface area (Å²) in [5.41, 5.74) is 2.59. The molecule has 4 aromatic heterocycles. The van der Waals surface area contributed by atoms with Crippen LogP contribution in [-0.4, -0.2) is 46.0 Å². The van der Waals surface area contributed by atoms with E-state index in [1.807, 2.05) is 12.1 Å². The zero-order valence-electron chi connectivity index (χ0n) is 17.4. The van der Waals surface area contributed by atoms with Crippen molar-refractivity contribution < 1.29 is 9.50 Å². The van der Waals surface area contributed by atoms with Crippen molar-refractivity contribution in [2.24, 2.45) is 7.05 Å². The molecular weight excluding hydrogens is 411 g/mol. The molecule has 10 heteroatoms. The van der Waals surface area contributed by atoms with Crippen molar-refractivity contribution in [2.75, 3.05) is 11.9 Å². The lowest BCUT2D eigenvalue weighted by Crippen LogP contribution is -2.05. The molecule has 0 amide bonds. The Kier molecular flexibility index (Phi) is 5.12. The fraction of sp³-hybridized carbons (Fsp3) is 0.182. The molecule has 162 valence electrons. The van der Waals surface area contributed by atoms with Gasteiger partial charge in [0.2, 0.25) is 0 Å². The molecular formula is C22H21FN8O. The summed E-state index contributed by atoms with van der Waals surface area (Å²) in [5.74, 6) is 0.927. The van der Waals surface area contributed by atoms with Gasteiger partial charge in [-0.25, -0.2) is 9.37 Å². The number of anilines is 2. The van der Waals surface area contributed by atoms with Crippen LogP contribution in [0.2, 0.25) is 0 Å². The molecule has 0 unspecified atom stereocenters. The highest BCUT2D eigenvalue weighted by Gasteiger charge is 2.14. The van der Waals surface area contributed by atoms with Gasteiger partial charge in [-0.1, -0.05) is 18.2 Å². The molecule has 0 spiro atoms. The number of aliphatic hydroxyl groups is 1. The zero-order chi connectivity index (χ0) is 22.1. The van der Waals surface area contributed by atoms with E-state index in [1.165, 1.54) is 0 Å². The van der Waals surface area contributed by atoms with Gasteiger partial charge in [-0.15, -0.1) is 0 Å². The quantitative estimate of drug-likeness (QED) is 0.410. The number of aliphatic hydroxyl groups excluding tert-OH is 1. The lowest BCUT2D eigenvalue weighted by atomic mass is 10.0. The van der Waals surface area contributed by atoms with Crippen molar-refractivity contribution in [3.05, 3.63) is 72.7 Å². The molecule has 0 saturated carbocycles. The SMILES string of the molecule is Cn1cc(-c2cccc(Cn3ncc4cnc(Nc5ccn(CCO)n5)cc43)c2F)cn1. The highest BCUT2D eigenvalue weighted by molar-refractivity contribution is 5.81. The summed E-state index contributed by atoms with van der Waals surface area (Å²) < 4.78 is 20.3. The summed E-state index contributed by atoms with van der Waals surface area (Å²) in [7, 11) is 1.80. The molecule has 1 aromatic carbocycles. The Bertz CT molecular complexity index is 1390. The molecule has 0 aliphatic heterocycles. The zero-order valence-corrected chi connectivity index (χ0v) is 17.4. The first-order valence-corrected chi connectivity index (χ1v) is 10.1. The molecule has 0 bridgehead atoms. The molecule has 0 aliphatic carbocycles. The van der Waals surface area contributed by atoms with Gasteiger partial charge in [0.25, 0.3) is 0 Å². The Labute approximate surface area is 182 Å². The minimum Gasteiger partial charge on any atom is -0.394 e. The van der Waals surface area contributed by atoms with Crippen molar-refractivity contribution in [2.45, 2.75) is 13.1 Å². The van der Waals surface area contributed by atoms with Crippen LogP contribution in [0.4, 0.5) is 16.0 Å². The first kappa shape index (κ1) is 19.9. The fourth-order valence-electron chi connectivity index (χ4n) is 3.60. The van der Waals surface area contributed by atoms with Crippen molar-refractivity contribution >= 4 is 22.5 Å². The Balaban J connectivity index is 1.43. The van der Waals surface area contributed by atoms with Crippen LogP contribution in [0.1, 0.15) is 5.56 Å². The molecule has 0 saturated heterocycles. The normalized spacial score (nSPS) is 11.3. The number of benzene rings is 1. The second-order valence-electron chi connectivity index (χ2n) is 7.42. The number of hydrogen-bond acceptors (Lipinski definition) is 6. The largest absolute Gasteiger partial charge is 0.394 e. The molecule has 0 radical (unpaired) electrons.